The van der Waals surface area contributed by atoms with Crippen LogP contribution in [0, 0.1) is 36.5 Å². The van der Waals surface area contributed by atoms with Crippen LogP contribution in [0.2, 0.25) is 0 Å². The molecule has 2 aliphatic carbocycles. The van der Waals surface area contributed by atoms with Crippen LogP contribution in [0.5, 0.6) is 0 Å². The monoisotopic (exact) mass is 563 g/mol. The van der Waals surface area contributed by atoms with E-state index in [1.165, 1.54) is 62.5 Å². The maximum Gasteiger partial charge on any atom is 0.243 e. The van der Waals surface area contributed by atoms with Gasteiger partial charge in [-0.15, -0.1) is 0 Å². The first-order chi connectivity index (χ1) is 19.9. The molecule has 6 rings (SSSR count). The van der Waals surface area contributed by atoms with Crippen LogP contribution >= 0.6 is 0 Å². The molecule has 2 saturated carbocycles. The summed E-state index contributed by atoms with van der Waals surface area (Å²) in [5.41, 5.74) is 3.60. The summed E-state index contributed by atoms with van der Waals surface area (Å²) in [6.07, 6.45) is 11.8. The Morgan fingerprint density at radius 1 is 1.02 bits per heavy atom. The van der Waals surface area contributed by atoms with Crippen molar-refractivity contribution in [3.05, 3.63) is 29.3 Å². The van der Waals surface area contributed by atoms with Crippen molar-refractivity contribution in [1.82, 2.24) is 20.4 Å². The third kappa shape index (κ3) is 6.46. The Labute approximate surface area is 247 Å². The molecule has 0 radical (unpaired) electrons. The lowest BCUT2D eigenvalue weighted by molar-refractivity contribution is -0.135. The predicted molar refractivity (Wildman–Crippen MR) is 165 cm³/mol. The number of nitrogens with one attached hydrogen (secondary N) is 3. The number of amides is 2. The Bertz CT molecular complexity index is 1070. The highest BCUT2D eigenvalue weighted by Crippen LogP contribution is 2.45. The van der Waals surface area contributed by atoms with E-state index in [0.717, 1.165) is 44.8 Å². The molecular weight excluding hydrogens is 510 g/mol. The van der Waals surface area contributed by atoms with Crippen LogP contribution in [-0.4, -0.2) is 79.5 Å². The summed E-state index contributed by atoms with van der Waals surface area (Å²) < 4.78 is 0. The number of carbonyl (C=O) groups excluding carboxylic acids is 2. The second-order valence-electron chi connectivity index (χ2n) is 14.2. The molecule has 2 amide bonds. The van der Waals surface area contributed by atoms with Crippen molar-refractivity contribution in [2.75, 3.05) is 45.1 Å². The zero-order valence-corrected chi connectivity index (χ0v) is 25.7. The van der Waals surface area contributed by atoms with E-state index in [1.54, 1.807) is 0 Å². The smallest absolute Gasteiger partial charge is 0.243 e. The summed E-state index contributed by atoms with van der Waals surface area (Å²) in [5.74, 6) is 3.08. The fraction of sp³-hybridized carbons (Fsp3) is 0.765. The fourth-order valence-corrected chi connectivity index (χ4v) is 8.79. The molecule has 7 nitrogen and oxygen atoms in total. The van der Waals surface area contributed by atoms with Gasteiger partial charge in [-0.05, 0) is 74.1 Å². The van der Waals surface area contributed by atoms with Gasteiger partial charge < -0.3 is 25.8 Å². The first-order valence-corrected chi connectivity index (χ1v) is 16.7. The van der Waals surface area contributed by atoms with Crippen molar-refractivity contribution in [3.8, 4) is 0 Å². The van der Waals surface area contributed by atoms with E-state index in [0.29, 0.717) is 41.9 Å². The Hall–Kier alpha value is -2.12. The van der Waals surface area contributed by atoms with E-state index in [4.69, 9.17) is 0 Å². The Balaban J connectivity index is 1.16. The van der Waals surface area contributed by atoms with Crippen LogP contribution in [0.1, 0.15) is 75.8 Å². The van der Waals surface area contributed by atoms with Crippen LogP contribution in [0.25, 0.3) is 0 Å². The Kier molecular flexibility index (Phi) is 8.92. The molecule has 0 bridgehead atoms. The number of piperidine rings is 1. The number of anilines is 1. The van der Waals surface area contributed by atoms with Crippen molar-refractivity contribution in [2.24, 2.45) is 29.6 Å². The molecule has 5 aliphatic rings. The van der Waals surface area contributed by atoms with Gasteiger partial charge in [0.25, 0.3) is 0 Å². The lowest BCUT2D eigenvalue weighted by Gasteiger charge is -2.49. The summed E-state index contributed by atoms with van der Waals surface area (Å²) in [7, 11) is 2.15. The molecule has 41 heavy (non-hydrogen) atoms. The number of fused-ring (bicyclic) bond motifs is 1. The predicted octanol–water partition coefficient (Wildman–Crippen LogP) is 4.20. The van der Waals surface area contributed by atoms with E-state index >= 15 is 0 Å². The number of carbonyl (C=O) groups is 2. The van der Waals surface area contributed by atoms with Crippen LogP contribution in [0.3, 0.4) is 0 Å². The SMILES string of the molecule is Cc1cccc2c1NC(C(=O)NC(C1CC1)C1NCC(CC(=O)N3CCN(C)CC3)C(C3CCCCCC3)C1C)C2. The molecule has 6 atom stereocenters. The quantitative estimate of drug-likeness (QED) is 0.434. The van der Waals surface area contributed by atoms with Crippen LogP contribution in [0.4, 0.5) is 5.69 Å². The summed E-state index contributed by atoms with van der Waals surface area (Å²) in [6, 6.07) is 6.58. The maximum absolute atomic E-state index is 13.7. The first kappa shape index (κ1) is 29.0. The van der Waals surface area contributed by atoms with Gasteiger partial charge in [0, 0.05) is 56.8 Å². The molecule has 6 unspecified atom stereocenters. The lowest BCUT2D eigenvalue weighted by Crippen LogP contribution is -2.62. The van der Waals surface area contributed by atoms with Crippen molar-refractivity contribution >= 4 is 17.5 Å². The van der Waals surface area contributed by atoms with Gasteiger partial charge in [0.1, 0.15) is 6.04 Å². The fourth-order valence-electron chi connectivity index (χ4n) is 8.79. The number of piperazine rings is 1. The van der Waals surface area contributed by atoms with Crippen molar-refractivity contribution < 1.29 is 9.59 Å². The average molecular weight is 564 g/mol. The molecule has 2 saturated heterocycles. The summed E-state index contributed by atoms with van der Waals surface area (Å²) in [4.78, 5) is 31.7. The van der Waals surface area contributed by atoms with Gasteiger partial charge in [0.15, 0.2) is 0 Å². The zero-order chi connectivity index (χ0) is 28.5. The summed E-state index contributed by atoms with van der Waals surface area (Å²) in [5, 5.41) is 11.1. The minimum atomic E-state index is -0.196. The minimum absolute atomic E-state index is 0.143. The molecule has 1 aromatic rings. The molecule has 0 aromatic heterocycles. The van der Waals surface area contributed by atoms with Crippen LogP contribution in [0.15, 0.2) is 18.2 Å². The number of nitrogens with zero attached hydrogens (tertiary/aromatic N) is 2. The molecule has 226 valence electrons. The second-order valence-corrected chi connectivity index (χ2v) is 14.2. The maximum atomic E-state index is 13.7. The van der Waals surface area contributed by atoms with Crippen LogP contribution in [-0.2, 0) is 16.0 Å². The normalized spacial score (nSPS) is 32.1. The van der Waals surface area contributed by atoms with Gasteiger partial charge in [-0.1, -0.05) is 63.6 Å². The number of hydrogen-bond acceptors (Lipinski definition) is 5. The first-order valence-electron chi connectivity index (χ1n) is 16.7. The Morgan fingerprint density at radius 3 is 2.44 bits per heavy atom. The third-order valence-corrected chi connectivity index (χ3v) is 11.3. The van der Waals surface area contributed by atoms with Crippen LogP contribution < -0.4 is 16.0 Å². The molecule has 7 heteroatoms. The topological polar surface area (TPSA) is 76.7 Å². The zero-order valence-electron chi connectivity index (χ0n) is 25.7. The molecule has 3 heterocycles. The van der Waals surface area contributed by atoms with Gasteiger partial charge in [-0.3, -0.25) is 9.59 Å². The molecule has 4 fully saturated rings. The largest absolute Gasteiger partial charge is 0.373 e. The number of likely N-dealkylation sites (N-methyl/N-ethyl adjacent to an activating group) is 1. The average Bonchev–Trinajstić information content (AvgIpc) is 3.76. The van der Waals surface area contributed by atoms with Crippen molar-refractivity contribution in [3.63, 3.8) is 0 Å². The van der Waals surface area contributed by atoms with Gasteiger partial charge in [-0.25, -0.2) is 0 Å². The minimum Gasteiger partial charge on any atom is -0.373 e. The number of benzene rings is 1. The standard InChI is InChI=1S/C34H53N5O2/c1-22-9-8-12-26-19-28(36-31(22)26)34(41)37-33(25-13-14-25)32-23(2)30(24-10-6-4-5-7-11-24)27(21-35-32)20-29(40)39-17-15-38(3)16-18-39/h8-9,12,23-25,27-28,30,32-33,35-36H,4-7,10-11,13-21H2,1-3H3,(H,37,41). The third-order valence-electron chi connectivity index (χ3n) is 11.3. The highest BCUT2D eigenvalue weighted by atomic mass is 16.2. The summed E-state index contributed by atoms with van der Waals surface area (Å²) >= 11 is 0. The Morgan fingerprint density at radius 2 is 1.76 bits per heavy atom. The lowest BCUT2D eigenvalue weighted by atomic mass is 9.64. The molecule has 0 spiro atoms. The summed E-state index contributed by atoms with van der Waals surface area (Å²) in [6.45, 7) is 9.11. The van der Waals surface area contributed by atoms with E-state index in [1.807, 2.05) is 0 Å². The number of hydrogen-bond donors (Lipinski definition) is 3. The van der Waals surface area contributed by atoms with E-state index < -0.39 is 0 Å². The molecular formula is C34H53N5O2. The number of aryl methyl sites for hydroxylation is 1. The molecule has 1 aromatic carbocycles. The number of para-hydroxylation sites is 1. The van der Waals surface area contributed by atoms with E-state index in [-0.39, 0.29) is 24.0 Å². The second kappa shape index (κ2) is 12.6. The van der Waals surface area contributed by atoms with E-state index in [9.17, 15) is 9.59 Å². The van der Waals surface area contributed by atoms with Crippen molar-refractivity contribution in [2.45, 2.75) is 96.2 Å². The van der Waals surface area contributed by atoms with E-state index in [2.05, 4.69) is 64.8 Å². The van der Waals surface area contributed by atoms with Gasteiger partial charge >= 0.3 is 0 Å². The van der Waals surface area contributed by atoms with Gasteiger partial charge in [-0.2, -0.15) is 0 Å². The highest BCUT2D eigenvalue weighted by molar-refractivity contribution is 5.88. The van der Waals surface area contributed by atoms with Gasteiger partial charge in [0.05, 0.1) is 0 Å². The number of rotatable bonds is 7. The highest BCUT2D eigenvalue weighted by Gasteiger charge is 2.48. The van der Waals surface area contributed by atoms with Gasteiger partial charge in [0.2, 0.25) is 11.8 Å². The van der Waals surface area contributed by atoms with Crippen molar-refractivity contribution in [1.29, 1.82) is 0 Å². The molecule has 3 N–H and O–H groups in total. The molecule has 3 aliphatic heterocycles.